The molecule has 1 unspecified atom stereocenters. The number of piperidine rings is 1. The molecule has 0 spiro atoms. The van der Waals surface area contributed by atoms with E-state index >= 15 is 0 Å². The molecule has 1 atom stereocenters. The highest BCUT2D eigenvalue weighted by atomic mass is 16.2. The molecular formula is C23H26N2O2. The van der Waals surface area contributed by atoms with E-state index in [0.29, 0.717) is 12.1 Å². The van der Waals surface area contributed by atoms with Gasteiger partial charge in [-0.25, -0.2) is 0 Å². The van der Waals surface area contributed by atoms with Crippen LogP contribution < -0.4 is 4.90 Å². The van der Waals surface area contributed by atoms with Crippen LogP contribution in [-0.2, 0) is 11.2 Å². The first kappa shape index (κ1) is 17.8. The third kappa shape index (κ3) is 3.36. The molecule has 2 amide bonds. The van der Waals surface area contributed by atoms with E-state index in [-0.39, 0.29) is 17.7 Å². The molecule has 4 rings (SSSR count). The summed E-state index contributed by atoms with van der Waals surface area (Å²) in [6, 6.07) is 13.9. The lowest BCUT2D eigenvalue weighted by Gasteiger charge is -2.34. The summed E-state index contributed by atoms with van der Waals surface area (Å²) in [7, 11) is 0. The van der Waals surface area contributed by atoms with E-state index in [0.717, 1.165) is 49.2 Å². The molecule has 2 aliphatic rings. The van der Waals surface area contributed by atoms with Gasteiger partial charge in [0, 0.05) is 30.9 Å². The molecule has 0 aromatic heterocycles. The number of fused-ring (bicyclic) bond motifs is 1. The predicted octanol–water partition coefficient (Wildman–Crippen LogP) is 3.74. The topological polar surface area (TPSA) is 40.6 Å². The number of nitrogens with zero attached hydrogens (tertiary/aromatic N) is 2. The summed E-state index contributed by atoms with van der Waals surface area (Å²) < 4.78 is 0. The SMILES string of the molecule is Cc1ccc(C(=O)N2CCCC(C(=O)N3CCc4cccc(C)c43)C2)cc1. The molecule has 4 nitrogen and oxygen atoms in total. The second-order valence-corrected chi connectivity index (χ2v) is 7.78. The van der Waals surface area contributed by atoms with Gasteiger partial charge in [0.05, 0.1) is 5.92 Å². The lowest BCUT2D eigenvalue weighted by atomic mass is 9.95. The number of amides is 2. The number of hydrogen-bond donors (Lipinski definition) is 0. The number of anilines is 1. The number of carbonyl (C=O) groups is 2. The van der Waals surface area contributed by atoms with Crippen LogP contribution in [0.2, 0.25) is 0 Å². The Kier molecular flexibility index (Phi) is 4.73. The van der Waals surface area contributed by atoms with E-state index < -0.39 is 0 Å². The van der Waals surface area contributed by atoms with Crippen molar-refractivity contribution in [2.45, 2.75) is 33.1 Å². The van der Waals surface area contributed by atoms with Crippen LogP contribution in [-0.4, -0.2) is 36.3 Å². The number of hydrogen-bond acceptors (Lipinski definition) is 2. The lowest BCUT2D eigenvalue weighted by molar-refractivity contribution is -0.123. The van der Waals surface area contributed by atoms with Crippen molar-refractivity contribution in [1.82, 2.24) is 4.90 Å². The molecular weight excluding hydrogens is 336 g/mol. The van der Waals surface area contributed by atoms with Gasteiger partial charge < -0.3 is 9.80 Å². The molecule has 0 saturated carbocycles. The van der Waals surface area contributed by atoms with Gasteiger partial charge in [-0.05, 0) is 56.4 Å². The molecule has 27 heavy (non-hydrogen) atoms. The highest BCUT2D eigenvalue weighted by Gasteiger charge is 2.35. The molecule has 2 heterocycles. The predicted molar refractivity (Wildman–Crippen MR) is 107 cm³/mol. The van der Waals surface area contributed by atoms with Gasteiger partial charge in [-0.15, -0.1) is 0 Å². The Bertz CT molecular complexity index is 872. The van der Waals surface area contributed by atoms with Crippen LogP contribution in [0.5, 0.6) is 0 Å². The molecule has 140 valence electrons. The molecule has 0 bridgehead atoms. The minimum Gasteiger partial charge on any atom is -0.338 e. The fourth-order valence-corrected chi connectivity index (χ4v) is 4.33. The molecule has 1 fully saturated rings. The maximum Gasteiger partial charge on any atom is 0.253 e. The molecule has 2 aliphatic heterocycles. The Balaban J connectivity index is 1.50. The van der Waals surface area contributed by atoms with Gasteiger partial charge in [-0.2, -0.15) is 0 Å². The number of benzene rings is 2. The summed E-state index contributed by atoms with van der Waals surface area (Å²) in [5.41, 5.74) is 5.34. The molecule has 2 aromatic carbocycles. The molecule has 2 aromatic rings. The Morgan fingerprint density at radius 1 is 1.00 bits per heavy atom. The zero-order valence-corrected chi connectivity index (χ0v) is 16.1. The summed E-state index contributed by atoms with van der Waals surface area (Å²) in [4.78, 5) is 29.9. The Morgan fingerprint density at radius 3 is 2.56 bits per heavy atom. The van der Waals surface area contributed by atoms with Crippen molar-refractivity contribution >= 4 is 17.5 Å². The largest absolute Gasteiger partial charge is 0.338 e. The normalized spacial score (nSPS) is 19.1. The minimum atomic E-state index is -0.112. The fraction of sp³-hybridized carbons (Fsp3) is 0.391. The first-order chi connectivity index (χ1) is 13.0. The highest BCUT2D eigenvalue weighted by molar-refractivity contribution is 5.99. The van der Waals surface area contributed by atoms with Crippen LogP contribution in [0.1, 0.15) is 39.9 Å². The van der Waals surface area contributed by atoms with Crippen LogP contribution in [0.3, 0.4) is 0 Å². The van der Waals surface area contributed by atoms with Gasteiger partial charge in [-0.3, -0.25) is 9.59 Å². The van der Waals surface area contributed by atoms with Crippen molar-refractivity contribution < 1.29 is 9.59 Å². The Hall–Kier alpha value is -2.62. The van der Waals surface area contributed by atoms with E-state index in [2.05, 4.69) is 25.1 Å². The van der Waals surface area contributed by atoms with E-state index in [9.17, 15) is 9.59 Å². The van der Waals surface area contributed by atoms with E-state index in [1.165, 1.54) is 5.56 Å². The van der Waals surface area contributed by atoms with Crippen LogP contribution in [0.4, 0.5) is 5.69 Å². The Morgan fingerprint density at radius 2 is 1.78 bits per heavy atom. The zero-order valence-electron chi connectivity index (χ0n) is 16.1. The maximum atomic E-state index is 13.3. The van der Waals surface area contributed by atoms with Crippen molar-refractivity contribution in [1.29, 1.82) is 0 Å². The second-order valence-electron chi connectivity index (χ2n) is 7.78. The van der Waals surface area contributed by atoms with Crippen LogP contribution >= 0.6 is 0 Å². The van der Waals surface area contributed by atoms with Gasteiger partial charge in [0.15, 0.2) is 0 Å². The van der Waals surface area contributed by atoms with Gasteiger partial charge >= 0.3 is 0 Å². The smallest absolute Gasteiger partial charge is 0.253 e. The van der Waals surface area contributed by atoms with Crippen molar-refractivity contribution in [2.75, 3.05) is 24.5 Å². The Labute approximate surface area is 160 Å². The van der Waals surface area contributed by atoms with Crippen molar-refractivity contribution in [3.8, 4) is 0 Å². The van der Waals surface area contributed by atoms with E-state index in [4.69, 9.17) is 0 Å². The first-order valence-corrected chi connectivity index (χ1v) is 9.80. The van der Waals surface area contributed by atoms with E-state index in [1.807, 2.05) is 41.0 Å². The molecule has 4 heteroatoms. The maximum absolute atomic E-state index is 13.3. The monoisotopic (exact) mass is 362 g/mol. The summed E-state index contributed by atoms with van der Waals surface area (Å²) in [5.74, 6) is 0.0914. The average Bonchev–Trinajstić information content (AvgIpc) is 3.13. The minimum absolute atomic E-state index is 0.0329. The molecule has 0 N–H and O–H groups in total. The van der Waals surface area contributed by atoms with Crippen LogP contribution in [0.15, 0.2) is 42.5 Å². The standard InChI is InChI=1S/C23H26N2O2/c1-16-8-10-19(11-9-16)22(26)24-13-4-7-20(15-24)23(27)25-14-12-18-6-3-5-17(2)21(18)25/h3,5-6,8-11,20H,4,7,12-15H2,1-2H3. The lowest BCUT2D eigenvalue weighted by Crippen LogP contribution is -2.46. The summed E-state index contributed by atoms with van der Waals surface area (Å²) >= 11 is 0. The third-order valence-electron chi connectivity index (χ3n) is 5.82. The third-order valence-corrected chi connectivity index (χ3v) is 5.82. The first-order valence-electron chi connectivity index (χ1n) is 9.80. The number of rotatable bonds is 2. The summed E-state index contributed by atoms with van der Waals surface area (Å²) in [6.07, 6.45) is 2.65. The molecule has 0 radical (unpaired) electrons. The van der Waals surface area contributed by atoms with Crippen molar-refractivity contribution in [3.63, 3.8) is 0 Å². The quantitative estimate of drug-likeness (QED) is 0.816. The van der Waals surface area contributed by atoms with Crippen molar-refractivity contribution in [3.05, 3.63) is 64.7 Å². The zero-order chi connectivity index (χ0) is 19.0. The van der Waals surface area contributed by atoms with Gasteiger partial charge in [-0.1, -0.05) is 35.9 Å². The van der Waals surface area contributed by atoms with Gasteiger partial charge in [0.2, 0.25) is 5.91 Å². The van der Waals surface area contributed by atoms with Gasteiger partial charge in [0.25, 0.3) is 5.91 Å². The van der Waals surface area contributed by atoms with Crippen LogP contribution in [0, 0.1) is 19.8 Å². The van der Waals surface area contributed by atoms with Gasteiger partial charge in [0.1, 0.15) is 0 Å². The van der Waals surface area contributed by atoms with E-state index in [1.54, 1.807) is 0 Å². The average molecular weight is 362 g/mol. The van der Waals surface area contributed by atoms with Crippen molar-refractivity contribution in [2.24, 2.45) is 5.92 Å². The number of likely N-dealkylation sites (tertiary alicyclic amines) is 1. The molecule has 0 aliphatic carbocycles. The molecule has 1 saturated heterocycles. The summed E-state index contributed by atoms with van der Waals surface area (Å²) in [6.45, 7) is 6.08. The number of aryl methyl sites for hydroxylation is 2. The number of para-hydroxylation sites is 1. The highest BCUT2D eigenvalue weighted by Crippen LogP contribution is 2.33. The summed E-state index contributed by atoms with van der Waals surface area (Å²) in [5, 5.41) is 0. The second kappa shape index (κ2) is 7.18. The fourth-order valence-electron chi connectivity index (χ4n) is 4.33. The van der Waals surface area contributed by atoms with Crippen LogP contribution in [0.25, 0.3) is 0 Å². The number of carbonyl (C=O) groups excluding carboxylic acids is 2.